The van der Waals surface area contributed by atoms with E-state index < -0.39 is 0 Å². The van der Waals surface area contributed by atoms with Crippen molar-refractivity contribution in [3.63, 3.8) is 0 Å². The van der Waals surface area contributed by atoms with Crippen LogP contribution in [0, 0.1) is 11.7 Å². The van der Waals surface area contributed by atoms with Gasteiger partial charge in [-0.15, -0.1) is 0 Å². The molecule has 0 radical (unpaired) electrons. The van der Waals surface area contributed by atoms with Crippen LogP contribution in [-0.4, -0.2) is 26.8 Å². The van der Waals surface area contributed by atoms with Crippen molar-refractivity contribution in [3.05, 3.63) is 34.1 Å². The van der Waals surface area contributed by atoms with Crippen molar-refractivity contribution in [2.45, 2.75) is 26.2 Å². The Morgan fingerprint density at radius 2 is 2.21 bits per heavy atom. The summed E-state index contributed by atoms with van der Waals surface area (Å²) in [5.41, 5.74) is 1.17. The maximum absolute atomic E-state index is 13.1. The second-order valence-electron chi connectivity index (χ2n) is 4.79. The quantitative estimate of drug-likeness (QED) is 0.695. The molecular formula is C15H23BrFNO. The molecule has 0 aromatic heterocycles. The maximum atomic E-state index is 13.1. The number of benzene rings is 1. The number of hydrogen-bond acceptors (Lipinski definition) is 2. The topological polar surface area (TPSA) is 21.3 Å². The van der Waals surface area contributed by atoms with Crippen molar-refractivity contribution in [2.75, 3.05) is 26.8 Å². The lowest BCUT2D eigenvalue weighted by Gasteiger charge is -2.18. The fourth-order valence-electron chi connectivity index (χ4n) is 2.16. The summed E-state index contributed by atoms with van der Waals surface area (Å²) in [6.45, 7) is 4.78. The Kier molecular flexibility index (Phi) is 8.26. The molecule has 0 fully saturated rings. The Morgan fingerprint density at radius 3 is 2.84 bits per heavy atom. The van der Waals surface area contributed by atoms with E-state index in [0.717, 1.165) is 37.0 Å². The molecule has 1 aromatic rings. The number of halogens is 2. The highest BCUT2D eigenvalue weighted by Crippen LogP contribution is 2.22. The first-order chi connectivity index (χ1) is 9.17. The molecule has 0 amide bonds. The van der Waals surface area contributed by atoms with Gasteiger partial charge >= 0.3 is 0 Å². The van der Waals surface area contributed by atoms with Gasteiger partial charge in [0.15, 0.2) is 0 Å². The summed E-state index contributed by atoms with van der Waals surface area (Å²) in [4.78, 5) is 0. The van der Waals surface area contributed by atoms with Crippen LogP contribution in [-0.2, 0) is 11.2 Å². The highest BCUT2D eigenvalue weighted by atomic mass is 79.9. The van der Waals surface area contributed by atoms with E-state index in [1.54, 1.807) is 7.11 Å². The van der Waals surface area contributed by atoms with E-state index >= 15 is 0 Å². The number of nitrogens with one attached hydrogen (secondary N) is 1. The molecule has 0 spiro atoms. The molecule has 1 rings (SSSR count). The number of ether oxygens (including phenoxy) is 1. The Balaban J connectivity index is 2.51. The summed E-state index contributed by atoms with van der Waals surface area (Å²) >= 11 is 3.44. The summed E-state index contributed by atoms with van der Waals surface area (Å²) in [5, 5.41) is 3.41. The molecule has 0 saturated heterocycles. The molecule has 1 aromatic carbocycles. The monoisotopic (exact) mass is 331 g/mol. The minimum Gasteiger partial charge on any atom is -0.383 e. The molecule has 0 aliphatic rings. The molecule has 1 atom stereocenters. The zero-order valence-electron chi connectivity index (χ0n) is 11.7. The average Bonchev–Trinajstić information content (AvgIpc) is 2.38. The van der Waals surface area contributed by atoms with E-state index in [1.165, 1.54) is 24.1 Å². The Bertz CT molecular complexity index is 373. The van der Waals surface area contributed by atoms with Crippen molar-refractivity contribution < 1.29 is 9.13 Å². The van der Waals surface area contributed by atoms with E-state index in [2.05, 4.69) is 28.2 Å². The first-order valence-electron chi connectivity index (χ1n) is 6.81. The predicted octanol–water partition coefficient (Wildman–Crippen LogP) is 3.78. The molecule has 0 heterocycles. The molecule has 1 N–H and O–H groups in total. The van der Waals surface area contributed by atoms with Gasteiger partial charge in [0.25, 0.3) is 0 Å². The highest BCUT2D eigenvalue weighted by Gasteiger charge is 2.11. The van der Waals surface area contributed by atoms with Crippen LogP contribution in [0.2, 0.25) is 0 Å². The van der Waals surface area contributed by atoms with Gasteiger partial charge in [0, 0.05) is 18.1 Å². The first kappa shape index (κ1) is 16.6. The molecule has 1 unspecified atom stereocenters. The van der Waals surface area contributed by atoms with Gasteiger partial charge in [0.1, 0.15) is 5.82 Å². The van der Waals surface area contributed by atoms with Gasteiger partial charge in [-0.1, -0.05) is 35.3 Å². The van der Waals surface area contributed by atoms with Crippen LogP contribution in [0.15, 0.2) is 22.7 Å². The van der Waals surface area contributed by atoms with Gasteiger partial charge in [0.05, 0.1) is 6.61 Å². The van der Waals surface area contributed by atoms with Crippen molar-refractivity contribution in [2.24, 2.45) is 5.92 Å². The third kappa shape index (κ3) is 6.50. The van der Waals surface area contributed by atoms with Crippen molar-refractivity contribution >= 4 is 15.9 Å². The van der Waals surface area contributed by atoms with Crippen LogP contribution < -0.4 is 5.32 Å². The fourth-order valence-corrected chi connectivity index (χ4v) is 2.68. The summed E-state index contributed by atoms with van der Waals surface area (Å²) < 4.78 is 19.0. The number of hydrogen-bond donors (Lipinski definition) is 1. The van der Waals surface area contributed by atoms with Crippen LogP contribution in [0.25, 0.3) is 0 Å². The van der Waals surface area contributed by atoms with Crippen LogP contribution in [0.4, 0.5) is 4.39 Å². The lowest BCUT2D eigenvalue weighted by molar-refractivity contribution is 0.197. The summed E-state index contributed by atoms with van der Waals surface area (Å²) in [7, 11) is 1.71. The lowest BCUT2D eigenvalue weighted by atomic mass is 9.95. The standard InChI is InChI=1S/C15H23BrFNO/c1-3-4-12(11-18-7-8-19-2)9-13-5-6-14(17)10-15(13)16/h5-6,10,12,18H,3-4,7-9,11H2,1-2H3. The highest BCUT2D eigenvalue weighted by molar-refractivity contribution is 9.10. The SMILES string of the molecule is CCCC(CNCCOC)Cc1ccc(F)cc1Br. The Hall–Kier alpha value is -0.450. The van der Waals surface area contributed by atoms with Crippen molar-refractivity contribution in [3.8, 4) is 0 Å². The van der Waals surface area contributed by atoms with Crippen molar-refractivity contribution in [1.82, 2.24) is 5.32 Å². The zero-order valence-corrected chi connectivity index (χ0v) is 13.3. The molecule has 0 saturated carbocycles. The van der Waals surface area contributed by atoms with Crippen molar-refractivity contribution in [1.29, 1.82) is 0 Å². The van der Waals surface area contributed by atoms with Crippen LogP contribution >= 0.6 is 15.9 Å². The third-order valence-electron chi connectivity index (χ3n) is 3.14. The maximum Gasteiger partial charge on any atom is 0.124 e. The lowest BCUT2D eigenvalue weighted by Crippen LogP contribution is -2.27. The van der Waals surface area contributed by atoms with Gasteiger partial charge in [-0.05, 0) is 43.0 Å². The van der Waals surface area contributed by atoms with E-state index in [9.17, 15) is 4.39 Å². The van der Waals surface area contributed by atoms with Gasteiger partial charge < -0.3 is 10.1 Å². The molecule has 0 aliphatic carbocycles. The van der Waals surface area contributed by atoms with Crippen LogP contribution in [0.3, 0.4) is 0 Å². The predicted molar refractivity (Wildman–Crippen MR) is 80.9 cm³/mol. The van der Waals surface area contributed by atoms with Gasteiger partial charge in [-0.25, -0.2) is 4.39 Å². The first-order valence-corrected chi connectivity index (χ1v) is 7.60. The smallest absolute Gasteiger partial charge is 0.124 e. The normalized spacial score (nSPS) is 12.6. The van der Waals surface area contributed by atoms with Crippen LogP contribution in [0.1, 0.15) is 25.3 Å². The van der Waals surface area contributed by atoms with E-state index in [0.29, 0.717) is 5.92 Å². The number of methoxy groups -OCH3 is 1. The Morgan fingerprint density at radius 1 is 1.42 bits per heavy atom. The minimum atomic E-state index is -0.194. The second-order valence-corrected chi connectivity index (χ2v) is 5.65. The van der Waals surface area contributed by atoms with E-state index in [4.69, 9.17) is 4.74 Å². The van der Waals surface area contributed by atoms with Gasteiger partial charge in [-0.3, -0.25) is 0 Å². The molecule has 19 heavy (non-hydrogen) atoms. The van der Waals surface area contributed by atoms with Crippen LogP contribution in [0.5, 0.6) is 0 Å². The van der Waals surface area contributed by atoms with E-state index in [1.807, 2.05) is 6.07 Å². The molecule has 108 valence electrons. The zero-order chi connectivity index (χ0) is 14.1. The van der Waals surface area contributed by atoms with Gasteiger partial charge in [-0.2, -0.15) is 0 Å². The van der Waals surface area contributed by atoms with E-state index in [-0.39, 0.29) is 5.82 Å². The third-order valence-corrected chi connectivity index (χ3v) is 3.87. The Labute approximate surface area is 123 Å². The summed E-state index contributed by atoms with van der Waals surface area (Å²) in [5.74, 6) is 0.379. The summed E-state index contributed by atoms with van der Waals surface area (Å²) in [6, 6.07) is 4.94. The average molecular weight is 332 g/mol. The molecule has 4 heteroatoms. The minimum absolute atomic E-state index is 0.194. The fraction of sp³-hybridized carbons (Fsp3) is 0.600. The molecule has 0 aliphatic heterocycles. The summed E-state index contributed by atoms with van der Waals surface area (Å²) in [6.07, 6.45) is 3.30. The van der Waals surface area contributed by atoms with Gasteiger partial charge in [0.2, 0.25) is 0 Å². The molecule has 0 bridgehead atoms. The molecular weight excluding hydrogens is 309 g/mol. The molecule has 2 nitrogen and oxygen atoms in total. The largest absolute Gasteiger partial charge is 0.383 e. The second kappa shape index (κ2) is 9.45. The number of rotatable bonds is 9.